The van der Waals surface area contributed by atoms with Crippen molar-refractivity contribution in [1.29, 1.82) is 0 Å². The largest absolute Gasteiger partial charge is 0.300 e. The fraction of sp³-hybridized carbons (Fsp3) is 1.00. The number of nitrogens with two attached hydrogens (primary N) is 1. The van der Waals surface area contributed by atoms with Gasteiger partial charge in [-0.3, -0.25) is 5.21 Å². The van der Waals surface area contributed by atoms with Crippen LogP contribution in [0.2, 0.25) is 0 Å². The molecule has 0 amide bonds. The fourth-order valence-corrected chi connectivity index (χ4v) is 0. The minimum atomic E-state index is -3.35. The highest BCUT2D eigenvalue weighted by molar-refractivity contribution is 7.89. The molecule has 13 heavy (non-hydrogen) atoms. The predicted molar refractivity (Wildman–Crippen MR) is 48.0 cm³/mol. The van der Waals surface area contributed by atoms with E-state index < -0.39 is 20.0 Å². The third kappa shape index (κ3) is 14.6. The van der Waals surface area contributed by atoms with Gasteiger partial charge in [-0.1, -0.05) is 4.47 Å². The summed E-state index contributed by atoms with van der Waals surface area (Å²) < 4.78 is 39.7. The van der Waals surface area contributed by atoms with E-state index in [1.54, 1.807) is 0 Å². The molecule has 0 heterocycles. The zero-order chi connectivity index (χ0) is 11.3. The second-order valence-electron chi connectivity index (χ2n) is 2.15. The number of hydrogen-bond donors (Lipinski definition) is 2. The summed E-state index contributed by atoms with van der Waals surface area (Å²) in [4.78, 5) is 0. The minimum Gasteiger partial charge on any atom is -0.300 e. The Morgan fingerprint density at radius 3 is 1.46 bits per heavy atom. The van der Waals surface area contributed by atoms with Crippen LogP contribution in [0.5, 0.6) is 0 Å². The normalized spacial score (nSPS) is 12.2. The van der Waals surface area contributed by atoms with Gasteiger partial charge in [0.1, 0.15) is 0 Å². The van der Waals surface area contributed by atoms with Crippen LogP contribution in [-0.4, -0.2) is 45.6 Å². The third-order valence-electron chi connectivity index (χ3n) is 0.882. The molecule has 0 unspecified atom stereocenters. The van der Waals surface area contributed by atoms with Gasteiger partial charge in [0, 0.05) is 7.05 Å². The summed E-state index contributed by atoms with van der Waals surface area (Å²) in [5, 5.41) is 12.6. The molecule has 0 atom stereocenters. The molecular formula is C4H14N2O5S2. The number of sulfonamides is 2. The highest BCUT2D eigenvalue weighted by Gasteiger charge is 2.03. The lowest BCUT2D eigenvalue weighted by molar-refractivity contribution is 0.0319. The Hall–Kier alpha value is -0.220. The number of hydrogen-bond acceptors (Lipinski definition) is 5. The number of nitrogens with zero attached hydrogens (tertiary/aromatic N) is 1. The number of primary sulfonamides is 1. The van der Waals surface area contributed by atoms with Gasteiger partial charge in [0.25, 0.3) is 0 Å². The van der Waals surface area contributed by atoms with Crippen molar-refractivity contribution in [2.75, 3.05) is 19.1 Å². The van der Waals surface area contributed by atoms with Crippen molar-refractivity contribution in [2.24, 2.45) is 5.14 Å². The summed E-state index contributed by atoms with van der Waals surface area (Å²) in [7, 11) is -5.46. The van der Waals surface area contributed by atoms with E-state index in [-0.39, 0.29) is 10.2 Å². The lowest BCUT2D eigenvalue weighted by Crippen LogP contribution is -2.20. The molecule has 0 rings (SSSR count). The molecule has 0 fully saturated rings. The highest BCUT2D eigenvalue weighted by Crippen LogP contribution is 1.82. The van der Waals surface area contributed by atoms with Crippen LogP contribution in [0.3, 0.4) is 0 Å². The van der Waals surface area contributed by atoms with E-state index in [1.165, 1.54) is 6.92 Å². The molecule has 0 aromatic carbocycles. The molecule has 0 aliphatic rings. The average molecular weight is 234 g/mol. The van der Waals surface area contributed by atoms with Crippen molar-refractivity contribution >= 4 is 20.0 Å². The Morgan fingerprint density at radius 1 is 1.31 bits per heavy atom. The maximum Gasteiger partial charge on any atom is 0.232 e. The van der Waals surface area contributed by atoms with Crippen molar-refractivity contribution in [2.45, 2.75) is 6.92 Å². The maximum atomic E-state index is 10.0. The summed E-state index contributed by atoms with van der Waals surface area (Å²) >= 11 is 0. The van der Waals surface area contributed by atoms with Gasteiger partial charge in [-0.25, -0.2) is 22.0 Å². The minimum absolute atomic E-state index is 0.0208. The first-order chi connectivity index (χ1) is 5.50. The van der Waals surface area contributed by atoms with Crippen molar-refractivity contribution in [3.8, 4) is 0 Å². The van der Waals surface area contributed by atoms with Crippen molar-refractivity contribution in [3.63, 3.8) is 0 Å². The van der Waals surface area contributed by atoms with Gasteiger partial charge < -0.3 is 0 Å². The van der Waals surface area contributed by atoms with E-state index in [1.807, 2.05) is 0 Å². The summed E-state index contributed by atoms with van der Waals surface area (Å²) in [5.41, 5.74) is 0. The van der Waals surface area contributed by atoms with E-state index in [4.69, 9.17) is 5.21 Å². The smallest absolute Gasteiger partial charge is 0.232 e. The quantitative estimate of drug-likeness (QED) is 0.567. The summed E-state index contributed by atoms with van der Waals surface area (Å²) in [6.45, 7) is 1.50. The number of rotatable bonds is 2. The van der Waals surface area contributed by atoms with Crippen LogP contribution in [0.1, 0.15) is 6.92 Å². The first-order valence-corrected chi connectivity index (χ1v) is 6.70. The molecule has 3 N–H and O–H groups in total. The zero-order valence-corrected chi connectivity index (χ0v) is 9.26. The molecular weight excluding hydrogens is 220 g/mol. The standard InChI is InChI=1S/C2H7NO3S.C2H7NO2S/c1-3(4)7(2,5)6;1-2-6(3,4)5/h4H,1-2H3;2H2,1H3,(H2,3,4,5). The molecule has 7 nitrogen and oxygen atoms in total. The molecule has 0 aromatic rings. The van der Waals surface area contributed by atoms with E-state index in [2.05, 4.69) is 5.14 Å². The van der Waals surface area contributed by atoms with Crippen LogP contribution in [0.25, 0.3) is 0 Å². The SMILES string of the molecule is CCS(N)(=O)=O.CN(O)S(C)(=O)=O. The Balaban J connectivity index is 0. The van der Waals surface area contributed by atoms with Crippen LogP contribution in [-0.2, 0) is 20.0 Å². The van der Waals surface area contributed by atoms with Crippen LogP contribution in [0, 0.1) is 0 Å². The topological polar surface area (TPSA) is 118 Å². The molecule has 0 spiro atoms. The van der Waals surface area contributed by atoms with Crippen LogP contribution >= 0.6 is 0 Å². The highest BCUT2D eigenvalue weighted by atomic mass is 32.2. The van der Waals surface area contributed by atoms with Crippen molar-refractivity contribution in [3.05, 3.63) is 0 Å². The molecule has 82 valence electrons. The van der Waals surface area contributed by atoms with Crippen LogP contribution in [0.15, 0.2) is 0 Å². The van der Waals surface area contributed by atoms with Crippen molar-refractivity contribution < 1.29 is 22.0 Å². The summed E-state index contributed by atoms with van der Waals surface area (Å²) in [6, 6.07) is 0. The fourth-order valence-electron chi connectivity index (χ4n) is 0. The maximum absolute atomic E-state index is 10.0. The van der Waals surface area contributed by atoms with Gasteiger partial charge in [-0.15, -0.1) is 0 Å². The Labute approximate surface area is 78.2 Å². The Morgan fingerprint density at radius 2 is 1.46 bits per heavy atom. The number of hydroxylamine groups is 1. The molecule has 0 saturated heterocycles. The molecule has 0 aliphatic carbocycles. The molecule has 0 aromatic heterocycles. The third-order valence-corrected chi connectivity index (χ3v) is 2.65. The predicted octanol–water partition coefficient (Wildman–Crippen LogP) is -1.44. The molecule has 0 saturated carbocycles. The lowest BCUT2D eigenvalue weighted by atomic mass is 11.0. The molecule has 0 bridgehead atoms. The zero-order valence-electron chi connectivity index (χ0n) is 7.63. The Bertz CT molecular complexity index is 316. The summed E-state index contributed by atoms with van der Waals surface area (Å²) in [5.74, 6) is 0.0208. The van der Waals surface area contributed by atoms with Gasteiger partial charge in [-0.2, -0.15) is 0 Å². The monoisotopic (exact) mass is 234 g/mol. The Kier molecular flexibility index (Phi) is 6.45. The van der Waals surface area contributed by atoms with Gasteiger partial charge in [0.05, 0.1) is 12.0 Å². The van der Waals surface area contributed by atoms with E-state index in [9.17, 15) is 16.8 Å². The second-order valence-corrected chi connectivity index (χ2v) is 6.05. The van der Waals surface area contributed by atoms with Gasteiger partial charge in [0.15, 0.2) is 0 Å². The van der Waals surface area contributed by atoms with Crippen LogP contribution < -0.4 is 5.14 Å². The molecule has 9 heteroatoms. The first-order valence-electron chi connectivity index (χ1n) is 3.14. The van der Waals surface area contributed by atoms with E-state index >= 15 is 0 Å². The average Bonchev–Trinajstić information content (AvgIpc) is 1.85. The molecule has 0 aliphatic heterocycles. The van der Waals surface area contributed by atoms with Gasteiger partial charge in [-0.05, 0) is 6.92 Å². The second kappa shape index (κ2) is 5.50. The van der Waals surface area contributed by atoms with E-state index in [0.717, 1.165) is 13.3 Å². The summed E-state index contributed by atoms with van der Waals surface area (Å²) in [6.07, 6.45) is 0.910. The van der Waals surface area contributed by atoms with Gasteiger partial charge >= 0.3 is 0 Å². The lowest BCUT2D eigenvalue weighted by Gasteiger charge is -2.00. The van der Waals surface area contributed by atoms with E-state index in [0.29, 0.717) is 0 Å². The molecule has 0 radical (unpaired) electrons. The van der Waals surface area contributed by atoms with Crippen molar-refractivity contribution in [1.82, 2.24) is 4.47 Å². The van der Waals surface area contributed by atoms with Crippen LogP contribution in [0.4, 0.5) is 0 Å². The van der Waals surface area contributed by atoms with Gasteiger partial charge in [0.2, 0.25) is 20.0 Å². The first kappa shape index (κ1) is 15.3.